The summed E-state index contributed by atoms with van der Waals surface area (Å²) in [4.78, 5) is 13.8. The lowest BCUT2D eigenvalue weighted by Crippen LogP contribution is -2.46. The van der Waals surface area contributed by atoms with Gasteiger partial charge >= 0.3 is 0 Å². The molecule has 3 N–H and O–H groups in total. The minimum absolute atomic E-state index is 0.332. The number of aromatic nitrogens is 2. The number of thiocarbonyl (C=S) groups is 1. The number of anilines is 1. The first kappa shape index (κ1) is 19.0. The molecule has 2 aliphatic carbocycles. The van der Waals surface area contributed by atoms with Crippen molar-refractivity contribution < 1.29 is 0 Å². The van der Waals surface area contributed by atoms with Crippen molar-refractivity contribution in [1.29, 1.82) is 0 Å². The third-order valence-corrected chi connectivity index (χ3v) is 5.24. The molecule has 1 heterocycles. The van der Waals surface area contributed by atoms with Crippen LogP contribution in [0.4, 0.5) is 5.95 Å². The van der Waals surface area contributed by atoms with Gasteiger partial charge < -0.3 is 10.6 Å². The average molecular weight is 375 g/mol. The molecule has 0 spiro atoms. The molecule has 2 saturated carbocycles. The van der Waals surface area contributed by atoms with Crippen molar-refractivity contribution in [3.63, 3.8) is 0 Å². The van der Waals surface area contributed by atoms with Crippen LogP contribution in [0.5, 0.6) is 0 Å². The number of aliphatic imine (C=N–C) groups is 1. The molecule has 0 radical (unpaired) electrons. The number of nitrogens with one attached hydrogen (secondary N) is 3. The molecule has 0 bridgehead atoms. The standard InChI is InChI=1S/C19H30N6S/c1-13-12-14(2)21-17(20-13)24-18(22-15-8-4-3-5-9-15)25-19(26)23-16-10-6-7-11-16/h12,15-16H,3-11H2,1-2H3,(H3,20,21,22,23,24,25,26). The summed E-state index contributed by atoms with van der Waals surface area (Å²) >= 11 is 5.52. The van der Waals surface area contributed by atoms with E-state index in [-0.39, 0.29) is 0 Å². The smallest absolute Gasteiger partial charge is 0.229 e. The van der Waals surface area contributed by atoms with Crippen molar-refractivity contribution in [2.45, 2.75) is 83.7 Å². The van der Waals surface area contributed by atoms with E-state index in [4.69, 9.17) is 17.2 Å². The maximum atomic E-state index is 5.52. The van der Waals surface area contributed by atoms with Crippen LogP contribution in [0, 0.1) is 13.8 Å². The van der Waals surface area contributed by atoms with Gasteiger partial charge in [0.1, 0.15) is 0 Å². The van der Waals surface area contributed by atoms with Gasteiger partial charge in [0.2, 0.25) is 11.9 Å². The van der Waals surface area contributed by atoms with Crippen LogP contribution in [-0.2, 0) is 0 Å². The fraction of sp³-hybridized carbons (Fsp3) is 0.684. The van der Waals surface area contributed by atoms with Crippen LogP contribution in [-0.4, -0.2) is 33.1 Å². The molecule has 2 fully saturated rings. The van der Waals surface area contributed by atoms with Gasteiger partial charge in [0.25, 0.3) is 0 Å². The molecule has 142 valence electrons. The molecule has 26 heavy (non-hydrogen) atoms. The van der Waals surface area contributed by atoms with Crippen LogP contribution in [0.15, 0.2) is 11.1 Å². The van der Waals surface area contributed by atoms with E-state index in [0.717, 1.165) is 24.2 Å². The van der Waals surface area contributed by atoms with E-state index < -0.39 is 0 Å². The molecule has 7 heteroatoms. The van der Waals surface area contributed by atoms with Crippen molar-refractivity contribution in [1.82, 2.24) is 20.6 Å². The quantitative estimate of drug-likeness (QED) is 0.426. The van der Waals surface area contributed by atoms with Crippen LogP contribution >= 0.6 is 12.2 Å². The number of rotatable bonds is 3. The van der Waals surface area contributed by atoms with E-state index in [2.05, 4.69) is 25.9 Å². The lowest BCUT2D eigenvalue weighted by atomic mass is 9.96. The Hall–Kier alpha value is -1.76. The summed E-state index contributed by atoms with van der Waals surface area (Å²) < 4.78 is 0. The average Bonchev–Trinajstić information content (AvgIpc) is 3.07. The Morgan fingerprint density at radius 2 is 1.62 bits per heavy atom. The summed E-state index contributed by atoms with van der Waals surface area (Å²) in [5.74, 6) is 1.21. The number of aryl methyl sites for hydroxylation is 2. The molecule has 0 unspecified atom stereocenters. The molecule has 6 nitrogen and oxygen atoms in total. The Balaban J connectivity index is 1.69. The lowest BCUT2D eigenvalue weighted by molar-refractivity contribution is 0.443. The van der Waals surface area contributed by atoms with Gasteiger partial charge in [0.05, 0.1) is 6.04 Å². The zero-order valence-electron chi connectivity index (χ0n) is 15.8. The van der Waals surface area contributed by atoms with Crippen LogP contribution in [0.25, 0.3) is 0 Å². The Kier molecular flexibility index (Phi) is 6.77. The summed E-state index contributed by atoms with van der Waals surface area (Å²) in [5, 5.41) is 10.6. The molecule has 0 aliphatic heterocycles. The molecule has 0 saturated heterocycles. The molecule has 2 aliphatic rings. The van der Waals surface area contributed by atoms with Crippen LogP contribution in [0.2, 0.25) is 0 Å². The highest BCUT2D eigenvalue weighted by Gasteiger charge is 2.18. The zero-order valence-corrected chi connectivity index (χ0v) is 16.7. The highest BCUT2D eigenvalue weighted by atomic mass is 32.1. The van der Waals surface area contributed by atoms with Gasteiger partial charge in [-0.15, -0.1) is 0 Å². The number of guanidine groups is 1. The van der Waals surface area contributed by atoms with E-state index >= 15 is 0 Å². The van der Waals surface area contributed by atoms with E-state index in [1.807, 2.05) is 19.9 Å². The Morgan fingerprint density at radius 1 is 1.00 bits per heavy atom. The first-order valence-corrected chi connectivity index (χ1v) is 10.2. The summed E-state index contributed by atoms with van der Waals surface area (Å²) in [6, 6.07) is 2.77. The minimum atomic E-state index is 0.332. The lowest BCUT2D eigenvalue weighted by Gasteiger charge is -2.21. The van der Waals surface area contributed by atoms with Gasteiger partial charge in [-0.05, 0) is 57.8 Å². The number of hydrogen-bond donors (Lipinski definition) is 3. The SMILES string of the molecule is Cc1cc(C)nc(NC(=NC2CCCCC2)NC(=S)NC2CCCC2)n1. The summed E-state index contributed by atoms with van der Waals surface area (Å²) in [6.45, 7) is 3.94. The molecular weight excluding hydrogens is 344 g/mol. The Bertz CT molecular complexity index is 627. The van der Waals surface area contributed by atoms with Gasteiger partial charge in [-0.1, -0.05) is 32.1 Å². The summed E-state index contributed by atoms with van der Waals surface area (Å²) in [5.41, 5.74) is 1.87. The van der Waals surface area contributed by atoms with Gasteiger partial charge in [0, 0.05) is 17.4 Å². The molecule has 0 atom stereocenters. The summed E-state index contributed by atoms with van der Waals surface area (Å²) in [7, 11) is 0. The Labute approximate surface area is 161 Å². The predicted octanol–water partition coefficient (Wildman–Crippen LogP) is 3.60. The van der Waals surface area contributed by atoms with Gasteiger partial charge in [0.15, 0.2) is 5.11 Å². The normalized spacial score (nSPS) is 19.4. The largest absolute Gasteiger partial charge is 0.360 e. The first-order valence-electron chi connectivity index (χ1n) is 9.83. The van der Waals surface area contributed by atoms with E-state index in [1.54, 1.807) is 0 Å². The third kappa shape index (κ3) is 5.90. The molecule has 3 rings (SSSR count). The molecule has 0 amide bonds. The van der Waals surface area contributed by atoms with Crippen molar-refractivity contribution in [3.05, 3.63) is 17.5 Å². The second-order valence-electron chi connectivity index (χ2n) is 7.45. The second kappa shape index (κ2) is 9.26. The molecule has 1 aromatic rings. The first-order chi connectivity index (χ1) is 12.6. The van der Waals surface area contributed by atoms with Gasteiger partial charge in [-0.2, -0.15) is 0 Å². The maximum Gasteiger partial charge on any atom is 0.229 e. The monoisotopic (exact) mass is 374 g/mol. The molecule has 1 aromatic heterocycles. The number of hydrogen-bond acceptors (Lipinski definition) is 4. The fourth-order valence-corrected chi connectivity index (χ4v) is 4.04. The zero-order chi connectivity index (χ0) is 18.4. The van der Waals surface area contributed by atoms with E-state index in [1.165, 1.54) is 44.9 Å². The minimum Gasteiger partial charge on any atom is -0.360 e. The van der Waals surface area contributed by atoms with E-state index in [0.29, 0.717) is 29.1 Å². The Morgan fingerprint density at radius 3 is 2.27 bits per heavy atom. The number of nitrogens with zero attached hydrogens (tertiary/aromatic N) is 3. The highest BCUT2D eigenvalue weighted by molar-refractivity contribution is 7.80. The van der Waals surface area contributed by atoms with Crippen molar-refractivity contribution in [2.75, 3.05) is 5.32 Å². The van der Waals surface area contributed by atoms with Crippen LogP contribution in [0.3, 0.4) is 0 Å². The van der Waals surface area contributed by atoms with Crippen LogP contribution in [0.1, 0.15) is 69.2 Å². The van der Waals surface area contributed by atoms with Crippen molar-refractivity contribution in [2.24, 2.45) is 4.99 Å². The third-order valence-electron chi connectivity index (χ3n) is 5.02. The van der Waals surface area contributed by atoms with Gasteiger partial charge in [-0.25, -0.2) is 15.0 Å². The second-order valence-corrected chi connectivity index (χ2v) is 7.86. The fourth-order valence-electron chi connectivity index (χ4n) is 3.78. The maximum absolute atomic E-state index is 5.52. The van der Waals surface area contributed by atoms with Gasteiger partial charge in [-0.3, -0.25) is 5.32 Å². The van der Waals surface area contributed by atoms with Crippen LogP contribution < -0.4 is 16.0 Å². The van der Waals surface area contributed by atoms with E-state index in [9.17, 15) is 0 Å². The molecule has 0 aromatic carbocycles. The highest BCUT2D eigenvalue weighted by Crippen LogP contribution is 2.20. The predicted molar refractivity (Wildman–Crippen MR) is 111 cm³/mol. The summed E-state index contributed by atoms with van der Waals surface area (Å²) in [6.07, 6.45) is 11.0. The van der Waals surface area contributed by atoms with Crippen molar-refractivity contribution >= 4 is 29.2 Å². The topological polar surface area (TPSA) is 74.2 Å². The molecular formula is C19H30N6S. The van der Waals surface area contributed by atoms with Crippen molar-refractivity contribution in [3.8, 4) is 0 Å².